The quantitative estimate of drug-likeness (QED) is 0.791. The van der Waals surface area contributed by atoms with Gasteiger partial charge in [0.2, 0.25) is 0 Å². The molecular formula is C14H23NO. The zero-order valence-corrected chi connectivity index (χ0v) is 10.8. The summed E-state index contributed by atoms with van der Waals surface area (Å²) in [5, 5.41) is 3.40. The maximum atomic E-state index is 5.09. The van der Waals surface area contributed by atoms with Gasteiger partial charge in [0.15, 0.2) is 0 Å². The zero-order valence-electron chi connectivity index (χ0n) is 10.8. The van der Waals surface area contributed by atoms with Crippen molar-refractivity contribution in [1.82, 2.24) is 0 Å². The Labute approximate surface area is 99.0 Å². The first-order valence-corrected chi connectivity index (χ1v) is 6.02. The van der Waals surface area contributed by atoms with Gasteiger partial charge >= 0.3 is 0 Å². The Morgan fingerprint density at radius 2 is 1.81 bits per heavy atom. The molecule has 90 valence electrons. The number of rotatable bonds is 6. The molecule has 0 aliphatic rings. The number of nitrogens with one attached hydrogen (secondary N) is 1. The second kappa shape index (κ2) is 6.54. The van der Waals surface area contributed by atoms with Crippen molar-refractivity contribution in [2.24, 2.45) is 0 Å². The van der Waals surface area contributed by atoms with Gasteiger partial charge in [-0.25, -0.2) is 0 Å². The van der Waals surface area contributed by atoms with E-state index >= 15 is 0 Å². The van der Waals surface area contributed by atoms with E-state index in [4.69, 9.17) is 4.74 Å². The van der Waals surface area contributed by atoms with E-state index in [1.165, 1.54) is 12.0 Å². The third-order valence-electron chi connectivity index (χ3n) is 2.92. The Hall–Kier alpha value is -1.02. The molecule has 0 aliphatic heterocycles. The minimum Gasteiger partial charge on any atom is -0.383 e. The van der Waals surface area contributed by atoms with Crippen molar-refractivity contribution in [3.05, 3.63) is 29.8 Å². The topological polar surface area (TPSA) is 21.3 Å². The summed E-state index contributed by atoms with van der Waals surface area (Å²) in [4.78, 5) is 0. The zero-order chi connectivity index (χ0) is 12.0. The second-order valence-corrected chi connectivity index (χ2v) is 4.43. The summed E-state index contributed by atoms with van der Waals surface area (Å²) in [5.74, 6) is 0.644. The van der Waals surface area contributed by atoms with Gasteiger partial charge in [0.05, 0.1) is 6.61 Å². The molecule has 0 fully saturated rings. The molecule has 1 N–H and O–H groups in total. The van der Waals surface area contributed by atoms with Crippen molar-refractivity contribution >= 4 is 5.69 Å². The summed E-state index contributed by atoms with van der Waals surface area (Å²) in [6, 6.07) is 9.05. The van der Waals surface area contributed by atoms with Crippen LogP contribution in [0, 0.1) is 0 Å². The molecular weight excluding hydrogens is 198 g/mol. The molecule has 0 heterocycles. The van der Waals surface area contributed by atoms with Crippen molar-refractivity contribution in [3.8, 4) is 0 Å². The third-order valence-corrected chi connectivity index (χ3v) is 2.92. The summed E-state index contributed by atoms with van der Waals surface area (Å²) >= 11 is 0. The van der Waals surface area contributed by atoms with Crippen LogP contribution in [-0.4, -0.2) is 19.8 Å². The van der Waals surface area contributed by atoms with Crippen LogP contribution >= 0.6 is 0 Å². The lowest BCUT2D eigenvalue weighted by molar-refractivity contribution is 0.190. The molecule has 0 saturated carbocycles. The van der Waals surface area contributed by atoms with E-state index in [9.17, 15) is 0 Å². The standard InChI is InChI=1S/C14H23NO/c1-5-11(2)13-6-8-14(9-7-13)15-12(3)10-16-4/h6-9,11-12,15H,5,10H2,1-4H3. The van der Waals surface area contributed by atoms with Crippen molar-refractivity contribution in [2.45, 2.75) is 39.2 Å². The van der Waals surface area contributed by atoms with E-state index in [1.807, 2.05) is 0 Å². The summed E-state index contributed by atoms with van der Waals surface area (Å²) in [7, 11) is 1.73. The molecule has 0 amide bonds. The van der Waals surface area contributed by atoms with E-state index in [-0.39, 0.29) is 0 Å². The van der Waals surface area contributed by atoms with Crippen molar-refractivity contribution in [3.63, 3.8) is 0 Å². The van der Waals surface area contributed by atoms with E-state index in [0.717, 1.165) is 12.3 Å². The van der Waals surface area contributed by atoms with Crippen LogP contribution in [0.4, 0.5) is 5.69 Å². The van der Waals surface area contributed by atoms with Gasteiger partial charge in [-0.05, 0) is 37.0 Å². The minimum absolute atomic E-state index is 0.347. The Morgan fingerprint density at radius 1 is 1.19 bits per heavy atom. The van der Waals surface area contributed by atoms with E-state index in [0.29, 0.717) is 12.0 Å². The van der Waals surface area contributed by atoms with Crippen LogP contribution < -0.4 is 5.32 Å². The molecule has 1 aromatic carbocycles. The highest BCUT2D eigenvalue weighted by atomic mass is 16.5. The van der Waals surface area contributed by atoms with Crippen LogP contribution in [0.5, 0.6) is 0 Å². The highest BCUT2D eigenvalue weighted by Crippen LogP contribution is 2.20. The van der Waals surface area contributed by atoms with Crippen LogP contribution in [-0.2, 0) is 4.74 Å². The van der Waals surface area contributed by atoms with Crippen LogP contribution in [0.3, 0.4) is 0 Å². The smallest absolute Gasteiger partial charge is 0.0661 e. The number of methoxy groups -OCH3 is 1. The Bertz CT molecular complexity index is 294. The molecule has 2 unspecified atom stereocenters. The second-order valence-electron chi connectivity index (χ2n) is 4.43. The highest BCUT2D eigenvalue weighted by molar-refractivity contribution is 5.45. The largest absolute Gasteiger partial charge is 0.383 e. The van der Waals surface area contributed by atoms with Gasteiger partial charge in [-0.2, -0.15) is 0 Å². The molecule has 0 aromatic heterocycles. The van der Waals surface area contributed by atoms with Crippen molar-refractivity contribution in [1.29, 1.82) is 0 Å². The fraction of sp³-hybridized carbons (Fsp3) is 0.571. The van der Waals surface area contributed by atoms with Gasteiger partial charge in [0, 0.05) is 18.8 Å². The maximum absolute atomic E-state index is 5.09. The predicted molar refractivity (Wildman–Crippen MR) is 70.1 cm³/mol. The van der Waals surface area contributed by atoms with Gasteiger partial charge in [0.25, 0.3) is 0 Å². The van der Waals surface area contributed by atoms with Crippen LogP contribution in [0.15, 0.2) is 24.3 Å². The molecule has 2 nitrogen and oxygen atoms in total. The summed E-state index contributed by atoms with van der Waals surface area (Å²) in [6.45, 7) is 7.33. The molecule has 2 atom stereocenters. The fourth-order valence-corrected chi connectivity index (χ4v) is 1.72. The van der Waals surface area contributed by atoms with Crippen LogP contribution in [0.25, 0.3) is 0 Å². The first kappa shape index (κ1) is 13.0. The van der Waals surface area contributed by atoms with Crippen LogP contribution in [0.1, 0.15) is 38.7 Å². The van der Waals surface area contributed by atoms with Gasteiger partial charge in [-0.15, -0.1) is 0 Å². The van der Waals surface area contributed by atoms with Crippen molar-refractivity contribution < 1.29 is 4.74 Å². The average Bonchev–Trinajstić information content (AvgIpc) is 2.29. The van der Waals surface area contributed by atoms with E-state index < -0.39 is 0 Å². The lowest BCUT2D eigenvalue weighted by atomic mass is 9.98. The summed E-state index contributed by atoms with van der Waals surface area (Å²) in [6.07, 6.45) is 1.19. The first-order valence-electron chi connectivity index (χ1n) is 6.02. The van der Waals surface area contributed by atoms with Gasteiger partial charge in [-0.1, -0.05) is 26.0 Å². The Balaban J connectivity index is 2.57. The minimum atomic E-state index is 0.347. The van der Waals surface area contributed by atoms with Crippen LogP contribution in [0.2, 0.25) is 0 Å². The van der Waals surface area contributed by atoms with E-state index in [2.05, 4.69) is 50.4 Å². The first-order chi connectivity index (χ1) is 7.67. The molecule has 1 aromatic rings. The summed E-state index contributed by atoms with van der Waals surface area (Å²) < 4.78 is 5.09. The lowest BCUT2D eigenvalue weighted by Gasteiger charge is -2.15. The lowest BCUT2D eigenvalue weighted by Crippen LogP contribution is -2.20. The third kappa shape index (κ3) is 3.86. The maximum Gasteiger partial charge on any atom is 0.0661 e. The Morgan fingerprint density at radius 3 is 2.31 bits per heavy atom. The number of hydrogen-bond acceptors (Lipinski definition) is 2. The van der Waals surface area contributed by atoms with Gasteiger partial charge in [-0.3, -0.25) is 0 Å². The Kier molecular flexibility index (Phi) is 5.33. The number of hydrogen-bond donors (Lipinski definition) is 1. The molecule has 16 heavy (non-hydrogen) atoms. The molecule has 0 bridgehead atoms. The van der Waals surface area contributed by atoms with Gasteiger partial charge < -0.3 is 10.1 Å². The molecule has 2 heteroatoms. The SMILES string of the molecule is CCC(C)c1ccc(NC(C)COC)cc1. The number of ether oxygens (including phenoxy) is 1. The molecule has 0 spiro atoms. The molecule has 1 rings (SSSR count). The number of anilines is 1. The normalized spacial score (nSPS) is 14.5. The van der Waals surface area contributed by atoms with E-state index in [1.54, 1.807) is 7.11 Å². The molecule has 0 aliphatic carbocycles. The average molecular weight is 221 g/mol. The van der Waals surface area contributed by atoms with Crippen molar-refractivity contribution in [2.75, 3.05) is 19.0 Å². The molecule has 0 radical (unpaired) electrons. The predicted octanol–water partition coefficient (Wildman–Crippen LogP) is 3.65. The fourth-order valence-electron chi connectivity index (χ4n) is 1.72. The monoisotopic (exact) mass is 221 g/mol. The van der Waals surface area contributed by atoms with Gasteiger partial charge in [0.1, 0.15) is 0 Å². The molecule has 0 saturated heterocycles. The number of benzene rings is 1. The highest BCUT2D eigenvalue weighted by Gasteiger charge is 2.04. The summed E-state index contributed by atoms with van der Waals surface area (Å²) in [5.41, 5.74) is 2.57.